The molecule has 2 heterocycles. The smallest absolute Gasteiger partial charge is 0.151 e. The lowest BCUT2D eigenvalue weighted by molar-refractivity contribution is 0.477. The Bertz CT molecular complexity index is 2490. The molecule has 0 radical (unpaired) electrons. The number of hydrogen-bond acceptors (Lipinski definition) is 5. The normalized spacial score (nSPS) is 11.6. The van der Waals surface area contributed by atoms with Crippen LogP contribution in [0.5, 0.6) is 11.5 Å². The van der Waals surface area contributed by atoms with Crippen molar-refractivity contribution in [2.45, 2.75) is 0 Å². The molecule has 9 rings (SSSR count). The van der Waals surface area contributed by atoms with Crippen molar-refractivity contribution in [3.8, 4) is 40.0 Å². The van der Waals surface area contributed by atoms with Crippen LogP contribution >= 0.6 is 0 Å². The molecule has 0 N–H and O–H groups in total. The average Bonchev–Trinajstić information content (AvgIpc) is 3.20. The Morgan fingerprint density at radius 1 is 0.529 bits per heavy atom. The summed E-state index contributed by atoms with van der Waals surface area (Å²) in [7, 11) is 0. The molecule has 0 amide bonds. The zero-order chi connectivity index (χ0) is 34.1. The first-order valence-electron chi connectivity index (χ1n) is 16.9. The van der Waals surface area contributed by atoms with Crippen molar-refractivity contribution < 1.29 is 4.74 Å². The van der Waals surface area contributed by atoms with Gasteiger partial charge in [0.15, 0.2) is 11.5 Å². The summed E-state index contributed by atoms with van der Waals surface area (Å²) in [6.45, 7) is 0. The molecule has 51 heavy (non-hydrogen) atoms. The molecule has 0 saturated carbocycles. The van der Waals surface area contributed by atoms with Crippen molar-refractivity contribution in [2.75, 3.05) is 9.80 Å². The molecule has 8 aromatic rings. The highest BCUT2D eigenvalue weighted by Crippen LogP contribution is 2.50. The third-order valence-electron chi connectivity index (χ3n) is 9.24. The predicted molar refractivity (Wildman–Crippen MR) is 207 cm³/mol. The third kappa shape index (κ3) is 5.51. The highest BCUT2D eigenvalue weighted by molar-refractivity contribution is 6.00. The van der Waals surface area contributed by atoms with Gasteiger partial charge in [-0.05, 0) is 108 Å². The van der Waals surface area contributed by atoms with Crippen LogP contribution in [0.15, 0.2) is 182 Å². The van der Waals surface area contributed by atoms with Crippen molar-refractivity contribution in [3.63, 3.8) is 0 Å². The molecule has 5 heteroatoms. The molecule has 0 aliphatic carbocycles. The highest BCUT2D eigenvalue weighted by Gasteiger charge is 2.25. The van der Waals surface area contributed by atoms with Crippen LogP contribution < -0.4 is 14.5 Å². The van der Waals surface area contributed by atoms with Crippen molar-refractivity contribution in [1.29, 1.82) is 5.26 Å². The van der Waals surface area contributed by atoms with Crippen LogP contribution in [-0.2, 0) is 0 Å². The molecule has 0 bridgehead atoms. The Labute approximate surface area is 296 Å². The number of para-hydroxylation sites is 6. The number of aromatic nitrogens is 1. The second-order valence-electron chi connectivity index (χ2n) is 12.4. The van der Waals surface area contributed by atoms with Gasteiger partial charge in [0.2, 0.25) is 0 Å². The van der Waals surface area contributed by atoms with E-state index in [4.69, 9.17) is 9.72 Å². The third-order valence-corrected chi connectivity index (χ3v) is 9.24. The van der Waals surface area contributed by atoms with Gasteiger partial charge in [-0.2, -0.15) is 5.26 Å². The maximum atomic E-state index is 9.56. The van der Waals surface area contributed by atoms with Crippen LogP contribution in [-0.4, -0.2) is 4.98 Å². The summed E-state index contributed by atoms with van der Waals surface area (Å²) in [6.07, 6.45) is 0. The van der Waals surface area contributed by atoms with Crippen molar-refractivity contribution >= 4 is 45.0 Å². The number of pyridine rings is 1. The molecular formula is C46H30N4O. The molecule has 5 nitrogen and oxygen atoms in total. The maximum absolute atomic E-state index is 9.56. The van der Waals surface area contributed by atoms with Crippen molar-refractivity contribution in [1.82, 2.24) is 4.98 Å². The van der Waals surface area contributed by atoms with Gasteiger partial charge in [0.1, 0.15) is 0 Å². The summed E-state index contributed by atoms with van der Waals surface area (Å²) in [4.78, 5) is 9.78. The fraction of sp³-hybridized carbons (Fsp3) is 0. The van der Waals surface area contributed by atoms with Gasteiger partial charge in [-0.3, -0.25) is 0 Å². The van der Waals surface area contributed by atoms with E-state index in [1.54, 1.807) is 0 Å². The summed E-state index contributed by atoms with van der Waals surface area (Å²) >= 11 is 0. The maximum Gasteiger partial charge on any atom is 0.151 e. The molecule has 1 aliphatic heterocycles. The van der Waals surface area contributed by atoms with E-state index in [0.29, 0.717) is 5.56 Å². The van der Waals surface area contributed by atoms with E-state index in [2.05, 4.69) is 125 Å². The number of hydrogen-bond donors (Lipinski definition) is 0. The monoisotopic (exact) mass is 654 g/mol. The molecule has 0 unspecified atom stereocenters. The number of benzene rings is 7. The lowest BCUT2D eigenvalue weighted by Crippen LogP contribution is -2.15. The minimum atomic E-state index is 0.621. The molecule has 0 spiro atoms. The second kappa shape index (κ2) is 12.7. The average molecular weight is 655 g/mol. The number of anilines is 6. The van der Waals surface area contributed by atoms with Crippen LogP contribution in [0.4, 0.5) is 34.1 Å². The van der Waals surface area contributed by atoms with Gasteiger partial charge in [0, 0.05) is 33.7 Å². The lowest BCUT2D eigenvalue weighted by atomic mass is 9.96. The molecule has 1 aromatic heterocycles. The van der Waals surface area contributed by atoms with E-state index in [1.807, 2.05) is 72.8 Å². The quantitative estimate of drug-likeness (QED) is 0.179. The van der Waals surface area contributed by atoms with Crippen LogP contribution in [0.1, 0.15) is 5.56 Å². The standard InChI is InChI=1S/C46H30N4O/c47-31-32-22-24-33(25-23-32)39-30-42(34-12-11-17-37(28-34)50-43-18-7-9-20-45(43)51-46-21-10-8-19-44(46)50)48-41-27-26-38(29-40(39)41)49(35-13-3-1-4-14-35)36-15-5-2-6-16-36/h1-30H. The first kappa shape index (κ1) is 29.9. The van der Waals surface area contributed by atoms with E-state index in [0.717, 1.165) is 78.9 Å². The fourth-order valence-corrected chi connectivity index (χ4v) is 6.85. The Balaban J connectivity index is 1.21. The van der Waals surface area contributed by atoms with Gasteiger partial charge in [-0.1, -0.05) is 84.9 Å². The Morgan fingerprint density at radius 2 is 1.16 bits per heavy atom. The molecule has 0 atom stereocenters. The zero-order valence-electron chi connectivity index (χ0n) is 27.5. The van der Waals surface area contributed by atoms with Gasteiger partial charge in [-0.15, -0.1) is 0 Å². The minimum Gasteiger partial charge on any atom is -0.453 e. The van der Waals surface area contributed by atoms with Gasteiger partial charge >= 0.3 is 0 Å². The second-order valence-corrected chi connectivity index (χ2v) is 12.4. The van der Waals surface area contributed by atoms with Gasteiger partial charge in [-0.25, -0.2) is 4.98 Å². The minimum absolute atomic E-state index is 0.621. The first-order valence-corrected chi connectivity index (χ1v) is 16.9. The van der Waals surface area contributed by atoms with E-state index >= 15 is 0 Å². The zero-order valence-corrected chi connectivity index (χ0v) is 27.5. The predicted octanol–water partition coefficient (Wildman–Crippen LogP) is 12.5. The molecule has 0 saturated heterocycles. The first-order chi connectivity index (χ1) is 25.2. The fourth-order valence-electron chi connectivity index (χ4n) is 6.85. The molecule has 1 aliphatic rings. The summed E-state index contributed by atoms with van der Waals surface area (Å²) in [5.74, 6) is 1.62. The van der Waals surface area contributed by atoms with Crippen molar-refractivity contribution in [2.24, 2.45) is 0 Å². The number of nitrogens with zero attached hydrogens (tertiary/aromatic N) is 4. The molecule has 7 aromatic carbocycles. The topological polar surface area (TPSA) is 52.4 Å². The lowest BCUT2D eigenvalue weighted by Gasteiger charge is -2.33. The Morgan fingerprint density at radius 3 is 1.80 bits per heavy atom. The van der Waals surface area contributed by atoms with Gasteiger partial charge in [0.25, 0.3) is 0 Å². The van der Waals surface area contributed by atoms with E-state index < -0.39 is 0 Å². The number of rotatable bonds is 6. The van der Waals surface area contributed by atoms with E-state index in [9.17, 15) is 5.26 Å². The summed E-state index contributed by atoms with van der Waals surface area (Å²) < 4.78 is 6.28. The highest BCUT2D eigenvalue weighted by atomic mass is 16.5. The molecule has 240 valence electrons. The van der Waals surface area contributed by atoms with Crippen LogP contribution in [0.3, 0.4) is 0 Å². The largest absolute Gasteiger partial charge is 0.453 e. The summed E-state index contributed by atoms with van der Waals surface area (Å²) in [5.41, 5.74) is 11.5. The van der Waals surface area contributed by atoms with Crippen molar-refractivity contribution in [3.05, 3.63) is 188 Å². The summed E-state index contributed by atoms with van der Waals surface area (Å²) in [6, 6.07) is 64.2. The van der Waals surface area contributed by atoms with E-state index in [1.165, 1.54) is 0 Å². The Kier molecular flexibility index (Phi) is 7.46. The molecule has 0 fully saturated rings. The number of nitriles is 1. The number of fused-ring (bicyclic) bond motifs is 3. The van der Waals surface area contributed by atoms with Gasteiger partial charge in [0.05, 0.1) is 34.2 Å². The van der Waals surface area contributed by atoms with Gasteiger partial charge < -0.3 is 14.5 Å². The SMILES string of the molecule is N#Cc1ccc(-c2cc(-c3cccc(N4c5ccccc5Oc5ccccc54)c3)nc3ccc(N(c4ccccc4)c4ccccc4)cc23)cc1. The van der Waals surface area contributed by atoms with E-state index in [-0.39, 0.29) is 0 Å². The molecular weight excluding hydrogens is 625 g/mol. The van der Waals surface area contributed by atoms with Crippen LogP contribution in [0.2, 0.25) is 0 Å². The van der Waals surface area contributed by atoms with Crippen LogP contribution in [0, 0.1) is 11.3 Å². The van der Waals surface area contributed by atoms with Crippen LogP contribution in [0.25, 0.3) is 33.3 Å². The Hall–Kier alpha value is -7.16. The number of ether oxygens (including phenoxy) is 1. The summed E-state index contributed by atoms with van der Waals surface area (Å²) in [5, 5.41) is 10.6.